The van der Waals surface area contributed by atoms with Crippen LogP contribution < -0.4 is 10.2 Å². The Hall–Kier alpha value is -3.66. The minimum atomic E-state index is -0.0476. The van der Waals surface area contributed by atoms with Gasteiger partial charge in [0.05, 0.1) is 18.0 Å². The van der Waals surface area contributed by atoms with Gasteiger partial charge in [-0.25, -0.2) is 9.78 Å². The molecule has 3 aromatic heterocycles. The molecule has 1 N–H and O–H groups in total. The summed E-state index contributed by atoms with van der Waals surface area (Å²) in [6.45, 7) is 4.10. The average Bonchev–Trinajstić information content (AvgIpc) is 3.57. The van der Waals surface area contributed by atoms with Gasteiger partial charge in [0.1, 0.15) is 18.2 Å². The standard InChI is InChI=1S/C22H26N8O2/c1-15-20(26-21(28(15)3)29-14-24-13-25-29)30-18(12-27(2)22(30)31)11-23-8-6-16-4-5-19-17(10-16)7-9-32-19/h4-5,7,9-10,13-14,18,23H,6,8,11-12H2,1-3H3. The highest BCUT2D eigenvalue weighted by Gasteiger charge is 2.38. The Bertz CT molecular complexity index is 1240. The fourth-order valence-corrected chi connectivity index (χ4v) is 4.20. The topological polar surface area (TPSA) is 97.2 Å². The Morgan fingerprint density at radius 1 is 1.25 bits per heavy atom. The number of imidazole rings is 1. The summed E-state index contributed by atoms with van der Waals surface area (Å²) in [6.07, 6.45) is 5.68. The Kier molecular flexibility index (Phi) is 5.14. The van der Waals surface area contributed by atoms with E-state index in [0.717, 1.165) is 29.6 Å². The van der Waals surface area contributed by atoms with Gasteiger partial charge in [-0.05, 0) is 43.7 Å². The van der Waals surface area contributed by atoms with Gasteiger partial charge in [-0.3, -0.25) is 4.90 Å². The highest BCUT2D eigenvalue weighted by Crippen LogP contribution is 2.28. The van der Waals surface area contributed by atoms with E-state index in [0.29, 0.717) is 24.9 Å². The first kappa shape index (κ1) is 20.3. The number of anilines is 1. The number of nitrogens with one attached hydrogen (secondary N) is 1. The van der Waals surface area contributed by atoms with Crippen molar-refractivity contribution in [3.05, 3.63) is 54.4 Å². The third-order valence-corrected chi connectivity index (χ3v) is 6.05. The maximum absolute atomic E-state index is 13.0. The molecular formula is C22H26N8O2. The molecule has 0 saturated carbocycles. The van der Waals surface area contributed by atoms with Gasteiger partial charge in [0, 0.05) is 32.6 Å². The second kappa shape index (κ2) is 8.12. The minimum absolute atomic E-state index is 0.0129. The summed E-state index contributed by atoms with van der Waals surface area (Å²) < 4.78 is 8.93. The number of nitrogens with zero attached hydrogens (tertiary/aromatic N) is 7. The number of hydrogen-bond acceptors (Lipinski definition) is 6. The SMILES string of the molecule is Cc1c(N2C(=O)N(C)CC2CNCCc2ccc3occc3c2)nc(-n2cncn2)n1C. The third kappa shape index (κ3) is 3.52. The van der Waals surface area contributed by atoms with Crippen molar-refractivity contribution in [3.8, 4) is 5.95 Å². The molecule has 10 heteroatoms. The number of benzene rings is 1. The summed E-state index contributed by atoms with van der Waals surface area (Å²) in [5.74, 6) is 1.28. The molecule has 4 aromatic rings. The predicted molar refractivity (Wildman–Crippen MR) is 120 cm³/mol. The minimum Gasteiger partial charge on any atom is -0.464 e. The molecule has 1 aromatic carbocycles. The highest BCUT2D eigenvalue weighted by molar-refractivity contribution is 5.94. The van der Waals surface area contributed by atoms with Crippen molar-refractivity contribution >= 4 is 22.8 Å². The molecule has 4 heterocycles. The maximum Gasteiger partial charge on any atom is 0.325 e. The van der Waals surface area contributed by atoms with E-state index in [4.69, 9.17) is 9.40 Å². The number of fused-ring (bicyclic) bond motifs is 1. The van der Waals surface area contributed by atoms with Crippen LogP contribution in [0.25, 0.3) is 16.9 Å². The van der Waals surface area contributed by atoms with Crippen LogP contribution in [-0.4, -0.2) is 68.0 Å². The van der Waals surface area contributed by atoms with Crippen LogP contribution in [0.15, 0.2) is 47.6 Å². The molecule has 0 bridgehead atoms. The number of carbonyl (C=O) groups excluding carboxylic acids is 1. The van der Waals surface area contributed by atoms with Gasteiger partial charge in [-0.1, -0.05) is 6.07 Å². The number of likely N-dealkylation sites (N-methyl/N-ethyl adjacent to an activating group) is 1. The summed E-state index contributed by atoms with van der Waals surface area (Å²) in [5, 5.41) is 8.81. The molecular weight excluding hydrogens is 408 g/mol. The Balaban J connectivity index is 1.28. The number of carbonyl (C=O) groups is 1. The first-order chi connectivity index (χ1) is 15.5. The number of rotatable bonds is 7. The van der Waals surface area contributed by atoms with E-state index < -0.39 is 0 Å². The lowest BCUT2D eigenvalue weighted by Crippen LogP contribution is -2.42. The second-order valence-electron chi connectivity index (χ2n) is 8.15. The molecule has 1 unspecified atom stereocenters. The molecule has 1 aliphatic heterocycles. The fraction of sp³-hybridized carbons (Fsp3) is 0.364. The molecule has 166 valence electrons. The zero-order valence-electron chi connectivity index (χ0n) is 18.4. The lowest BCUT2D eigenvalue weighted by atomic mass is 10.1. The van der Waals surface area contributed by atoms with Crippen molar-refractivity contribution in [2.75, 3.05) is 31.6 Å². The van der Waals surface area contributed by atoms with Gasteiger partial charge in [0.15, 0.2) is 5.82 Å². The molecule has 1 aliphatic rings. The monoisotopic (exact) mass is 434 g/mol. The summed E-state index contributed by atoms with van der Waals surface area (Å²) >= 11 is 0. The van der Waals surface area contributed by atoms with Crippen molar-refractivity contribution in [2.45, 2.75) is 19.4 Å². The smallest absolute Gasteiger partial charge is 0.325 e. The number of amides is 2. The molecule has 2 amide bonds. The van der Waals surface area contributed by atoms with E-state index >= 15 is 0 Å². The van der Waals surface area contributed by atoms with Crippen molar-refractivity contribution in [3.63, 3.8) is 0 Å². The van der Waals surface area contributed by atoms with Crippen LogP contribution in [0.4, 0.5) is 10.6 Å². The van der Waals surface area contributed by atoms with E-state index in [1.807, 2.05) is 37.7 Å². The molecule has 0 radical (unpaired) electrons. The van der Waals surface area contributed by atoms with Gasteiger partial charge in [0.25, 0.3) is 0 Å². The number of aromatic nitrogens is 5. The van der Waals surface area contributed by atoms with Gasteiger partial charge in [0.2, 0.25) is 5.95 Å². The highest BCUT2D eigenvalue weighted by atomic mass is 16.3. The van der Waals surface area contributed by atoms with Crippen molar-refractivity contribution in [2.24, 2.45) is 7.05 Å². The Labute approximate surface area is 185 Å². The molecule has 1 atom stereocenters. The van der Waals surface area contributed by atoms with Gasteiger partial charge in [-0.15, -0.1) is 0 Å². The molecule has 1 fully saturated rings. The largest absolute Gasteiger partial charge is 0.464 e. The normalized spacial score (nSPS) is 16.6. The van der Waals surface area contributed by atoms with Gasteiger partial charge >= 0.3 is 6.03 Å². The van der Waals surface area contributed by atoms with Crippen molar-refractivity contribution < 1.29 is 9.21 Å². The lowest BCUT2D eigenvalue weighted by Gasteiger charge is -2.22. The molecule has 10 nitrogen and oxygen atoms in total. The van der Waals surface area contributed by atoms with Crippen LogP contribution in [0.2, 0.25) is 0 Å². The number of urea groups is 1. The molecule has 32 heavy (non-hydrogen) atoms. The summed E-state index contributed by atoms with van der Waals surface area (Å²) in [4.78, 5) is 25.2. The Morgan fingerprint density at radius 3 is 2.94 bits per heavy atom. The molecule has 0 spiro atoms. The lowest BCUT2D eigenvalue weighted by molar-refractivity contribution is 0.229. The predicted octanol–water partition coefficient (Wildman–Crippen LogP) is 2.13. The van der Waals surface area contributed by atoms with E-state index in [2.05, 4.69) is 27.5 Å². The average molecular weight is 435 g/mol. The first-order valence-electron chi connectivity index (χ1n) is 10.6. The zero-order valence-corrected chi connectivity index (χ0v) is 18.4. The second-order valence-corrected chi connectivity index (χ2v) is 8.15. The third-order valence-electron chi connectivity index (χ3n) is 6.05. The quantitative estimate of drug-likeness (QED) is 0.448. The van der Waals surface area contributed by atoms with Crippen LogP contribution in [0.3, 0.4) is 0 Å². The van der Waals surface area contributed by atoms with E-state index in [9.17, 15) is 4.79 Å². The van der Waals surface area contributed by atoms with E-state index in [-0.39, 0.29) is 12.1 Å². The fourth-order valence-electron chi connectivity index (χ4n) is 4.20. The molecule has 0 aliphatic carbocycles. The van der Waals surface area contributed by atoms with Gasteiger partial charge in [-0.2, -0.15) is 14.8 Å². The zero-order chi connectivity index (χ0) is 22.2. The Morgan fingerprint density at radius 2 is 2.12 bits per heavy atom. The van der Waals surface area contributed by atoms with Crippen LogP contribution >= 0.6 is 0 Å². The van der Waals surface area contributed by atoms with E-state index in [1.165, 1.54) is 11.9 Å². The number of furan rings is 1. The van der Waals surface area contributed by atoms with Gasteiger partial charge < -0.3 is 19.2 Å². The first-order valence-corrected chi connectivity index (χ1v) is 10.6. The summed E-state index contributed by atoms with van der Waals surface area (Å²) in [7, 11) is 3.74. The molecule has 1 saturated heterocycles. The van der Waals surface area contributed by atoms with Crippen LogP contribution in [0, 0.1) is 6.92 Å². The summed E-state index contributed by atoms with van der Waals surface area (Å²) in [5.41, 5.74) is 3.05. The van der Waals surface area contributed by atoms with Crippen LogP contribution in [0.1, 0.15) is 11.3 Å². The van der Waals surface area contributed by atoms with E-state index in [1.54, 1.807) is 27.1 Å². The maximum atomic E-state index is 13.0. The van der Waals surface area contributed by atoms with Crippen molar-refractivity contribution in [1.82, 2.24) is 34.5 Å². The van der Waals surface area contributed by atoms with Crippen LogP contribution in [0.5, 0.6) is 0 Å². The summed E-state index contributed by atoms with van der Waals surface area (Å²) in [6, 6.07) is 8.17. The van der Waals surface area contributed by atoms with Crippen molar-refractivity contribution in [1.29, 1.82) is 0 Å². The number of hydrogen-bond donors (Lipinski definition) is 1. The van der Waals surface area contributed by atoms with Crippen LogP contribution in [-0.2, 0) is 13.5 Å². The molecule has 5 rings (SSSR count).